The lowest BCUT2D eigenvalue weighted by molar-refractivity contribution is 0.0632. The minimum atomic E-state index is -0.0857. The van der Waals surface area contributed by atoms with E-state index < -0.39 is 0 Å². The van der Waals surface area contributed by atoms with E-state index in [4.69, 9.17) is 4.52 Å². The highest BCUT2D eigenvalue weighted by molar-refractivity contribution is 5.90. The summed E-state index contributed by atoms with van der Waals surface area (Å²) < 4.78 is 5.28. The summed E-state index contributed by atoms with van der Waals surface area (Å²) in [5, 5.41) is 7.22. The number of aromatic nitrogens is 2. The van der Waals surface area contributed by atoms with Gasteiger partial charge in [-0.05, 0) is 39.2 Å². The van der Waals surface area contributed by atoms with Gasteiger partial charge in [-0.15, -0.1) is 0 Å². The monoisotopic (exact) mass is 292 g/mol. The van der Waals surface area contributed by atoms with Crippen LogP contribution in [0.5, 0.6) is 0 Å². The van der Waals surface area contributed by atoms with Crippen molar-refractivity contribution in [3.8, 4) is 0 Å². The Balaban J connectivity index is 1.70. The molecule has 116 valence electrons. The van der Waals surface area contributed by atoms with Crippen LogP contribution in [0.2, 0.25) is 0 Å². The van der Waals surface area contributed by atoms with Gasteiger partial charge in [0.25, 0.3) is 11.7 Å². The molecule has 1 saturated carbocycles. The minimum Gasteiger partial charge on any atom is -0.337 e. The van der Waals surface area contributed by atoms with Gasteiger partial charge in [0.15, 0.2) is 0 Å². The first-order chi connectivity index (χ1) is 10.3. The van der Waals surface area contributed by atoms with E-state index in [0.29, 0.717) is 18.5 Å². The summed E-state index contributed by atoms with van der Waals surface area (Å²) in [6.45, 7) is 3.70. The van der Waals surface area contributed by atoms with Crippen LogP contribution in [-0.2, 0) is 0 Å². The molecule has 1 atom stereocenters. The molecule has 1 saturated heterocycles. The fraction of sp³-hybridized carbons (Fsp3) is 0.800. The van der Waals surface area contributed by atoms with E-state index in [0.717, 1.165) is 32.2 Å². The normalized spacial score (nSPS) is 23.4. The molecule has 1 aromatic rings. The van der Waals surface area contributed by atoms with E-state index in [1.807, 2.05) is 11.8 Å². The maximum Gasteiger partial charge on any atom is 0.295 e. The standard InChI is InChI=1S/C15H24N4O2/c1-2-19(11-7-4-3-5-8-11)15(20)13-17-14(21-18-13)12-9-6-10-16-12/h11-12,16H,2-10H2,1H3. The molecule has 6 nitrogen and oxygen atoms in total. The van der Waals surface area contributed by atoms with Gasteiger partial charge in [0, 0.05) is 12.6 Å². The van der Waals surface area contributed by atoms with E-state index in [1.54, 1.807) is 0 Å². The summed E-state index contributed by atoms with van der Waals surface area (Å²) in [5.74, 6) is 0.680. The van der Waals surface area contributed by atoms with Crippen molar-refractivity contribution < 1.29 is 9.32 Å². The molecule has 0 spiro atoms. The quantitative estimate of drug-likeness (QED) is 0.922. The molecule has 2 aliphatic rings. The van der Waals surface area contributed by atoms with Crippen LogP contribution in [0.15, 0.2) is 4.52 Å². The van der Waals surface area contributed by atoms with Crippen LogP contribution in [0, 0.1) is 0 Å². The SMILES string of the molecule is CCN(C(=O)c1noc(C2CCCN2)n1)C1CCCCC1. The Morgan fingerprint density at radius 2 is 2.10 bits per heavy atom. The fourth-order valence-electron chi connectivity index (χ4n) is 3.45. The van der Waals surface area contributed by atoms with Crippen molar-refractivity contribution in [3.05, 3.63) is 11.7 Å². The molecule has 2 heterocycles. The lowest BCUT2D eigenvalue weighted by Gasteiger charge is -2.32. The molecule has 1 aromatic heterocycles. The molecule has 1 aliphatic carbocycles. The van der Waals surface area contributed by atoms with Crippen LogP contribution in [0.3, 0.4) is 0 Å². The van der Waals surface area contributed by atoms with Crippen LogP contribution in [-0.4, -0.2) is 40.1 Å². The van der Waals surface area contributed by atoms with Gasteiger partial charge in [0.2, 0.25) is 5.89 Å². The Kier molecular flexibility index (Phi) is 4.53. The second kappa shape index (κ2) is 6.56. The minimum absolute atomic E-state index is 0.0857. The summed E-state index contributed by atoms with van der Waals surface area (Å²) >= 11 is 0. The number of amides is 1. The molecule has 3 rings (SSSR count). The molecule has 2 fully saturated rings. The van der Waals surface area contributed by atoms with Crippen LogP contribution >= 0.6 is 0 Å². The van der Waals surface area contributed by atoms with E-state index in [1.165, 1.54) is 19.3 Å². The Morgan fingerprint density at radius 3 is 2.76 bits per heavy atom. The molecule has 1 N–H and O–H groups in total. The van der Waals surface area contributed by atoms with Gasteiger partial charge < -0.3 is 14.7 Å². The highest BCUT2D eigenvalue weighted by Crippen LogP contribution is 2.25. The fourth-order valence-corrected chi connectivity index (χ4v) is 3.45. The van der Waals surface area contributed by atoms with Gasteiger partial charge >= 0.3 is 0 Å². The summed E-state index contributed by atoms with van der Waals surface area (Å²) in [6, 6.07) is 0.451. The van der Waals surface area contributed by atoms with E-state index in [-0.39, 0.29) is 17.8 Å². The average Bonchev–Trinajstić information content (AvgIpc) is 3.20. The van der Waals surface area contributed by atoms with Gasteiger partial charge in [-0.2, -0.15) is 4.98 Å². The van der Waals surface area contributed by atoms with Gasteiger partial charge in [-0.25, -0.2) is 0 Å². The first kappa shape index (κ1) is 14.5. The lowest BCUT2D eigenvalue weighted by atomic mass is 9.94. The predicted octanol–water partition coefficient (Wildman–Crippen LogP) is 2.29. The Morgan fingerprint density at radius 1 is 1.29 bits per heavy atom. The zero-order chi connectivity index (χ0) is 14.7. The number of nitrogens with zero attached hydrogens (tertiary/aromatic N) is 3. The van der Waals surface area contributed by atoms with Crippen molar-refractivity contribution >= 4 is 5.91 Å². The number of carbonyl (C=O) groups excluding carboxylic acids is 1. The molecule has 6 heteroatoms. The number of nitrogens with one attached hydrogen (secondary N) is 1. The van der Waals surface area contributed by atoms with Crippen molar-refractivity contribution in [2.24, 2.45) is 0 Å². The van der Waals surface area contributed by atoms with Crippen LogP contribution in [0.4, 0.5) is 0 Å². The van der Waals surface area contributed by atoms with E-state index in [2.05, 4.69) is 15.5 Å². The van der Waals surface area contributed by atoms with Gasteiger partial charge in [0.1, 0.15) is 0 Å². The Bertz CT molecular complexity index is 476. The van der Waals surface area contributed by atoms with E-state index >= 15 is 0 Å². The topological polar surface area (TPSA) is 71.3 Å². The zero-order valence-corrected chi connectivity index (χ0v) is 12.7. The number of hydrogen-bond acceptors (Lipinski definition) is 5. The Hall–Kier alpha value is -1.43. The highest BCUT2D eigenvalue weighted by atomic mass is 16.5. The van der Waals surface area contributed by atoms with Crippen molar-refractivity contribution in [1.29, 1.82) is 0 Å². The van der Waals surface area contributed by atoms with Crippen LogP contribution in [0.25, 0.3) is 0 Å². The smallest absolute Gasteiger partial charge is 0.295 e. The first-order valence-electron chi connectivity index (χ1n) is 8.17. The van der Waals surface area contributed by atoms with Gasteiger partial charge in [-0.3, -0.25) is 4.79 Å². The third-order valence-electron chi connectivity index (χ3n) is 4.61. The van der Waals surface area contributed by atoms with Crippen LogP contribution in [0.1, 0.15) is 74.4 Å². The first-order valence-corrected chi connectivity index (χ1v) is 8.17. The molecule has 0 aromatic carbocycles. The second-order valence-corrected chi connectivity index (χ2v) is 5.99. The summed E-state index contributed by atoms with van der Waals surface area (Å²) in [4.78, 5) is 18.9. The molecular weight excluding hydrogens is 268 g/mol. The molecule has 0 bridgehead atoms. The Labute approximate surface area is 125 Å². The highest BCUT2D eigenvalue weighted by Gasteiger charge is 2.30. The summed E-state index contributed by atoms with van der Waals surface area (Å²) in [5.41, 5.74) is 0. The average molecular weight is 292 g/mol. The lowest BCUT2D eigenvalue weighted by Crippen LogP contribution is -2.41. The van der Waals surface area contributed by atoms with Crippen molar-refractivity contribution in [3.63, 3.8) is 0 Å². The zero-order valence-electron chi connectivity index (χ0n) is 12.7. The largest absolute Gasteiger partial charge is 0.337 e. The predicted molar refractivity (Wildman–Crippen MR) is 77.9 cm³/mol. The van der Waals surface area contributed by atoms with Gasteiger partial charge in [0.05, 0.1) is 6.04 Å². The number of rotatable bonds is 4. The molecule has 21 heavy (non-hydrogen) atoms. The third kappa shape index (κ3) is 3.10. The number of hydrogen-bond donors (Lipinski definition) is 1. The second-order valence-electron chi connectivity index (χ2n) is 5.99. The summed E-state index contributed by atoms with van der Waals surface area (Å²) in [7, 11) is 0. The van der Waals surface area contributed by atoms with Crippen molar-refractivity contribution in [2.75, 3.05) is 13.1 Å². The summed E-state index contributed by atoms with van der Waals surface area (Å²) in [6.07, 6.45) is 7.98. The number of carbonyl (C=O) groups is 1. The molecule has 1 unspecified atom stereocenters. The maximum absolute atomic E-state index is 12.6. The van der Waals surface area contributed by atoms with E-state index in [9.17, 15) is 4.79 Å². The van der Waals surface area contributed by atoms with Crippen molar-refractivity contribution in [2.45, 2.75) is 64.0 Å². The van der Waals surface area contributed by atoms with Crippen molar-refractivity contribution in [1.82, 2.24) is 20.4 Å². The molecule has 0 radical (unpaired) electrons. The molecule has 1 aliphatic heterocycles. The van der Waals surface area contributed by atoms with Crippen LogP contribution < -0.4 is 5.32 Å². The molecule has 1 amide bonds. The third-order valence-corrected chi connectivity index (χ3v) is 4.61. The maximum atomic E-state index is 12.6. The van der Waals surface area contributed by atoms with Gasteiger partial charge in [-0.1, -0.05) is 24.4 Å². The molecular formula is C15H24N4O2.